The van der Waals surface area contributed by atoms with E-state index in [9.17, 15) is 9.00 Å². The predicted molar refractivity (Wildman–Crippen MR) is 79.6 cm³/mol. The first kappa shape index (κ1) is 12.9. The van der Waals surface area contributed by atoms with Crippen molar-refractivity contribution in [3.63, 3.8) is 0 Å². The second kappa shape index (κ2) is 5.09. The Morgan fingerprint density at radius 2 is 1.85 bits per heavy atom. The molecule has 5 heteroatoms. The van der Waals surface area contributed by atoms with Crippen LogP contribution in [-0.4, -0.2) is 15.9 Å². The molecule has 0 aliphatic rings. The van der Waals surface area contributed by atoms with E-state index in [1.807, 2.05) is 42.5 Å². The van der Waals surface area contributed by atoms with Gasteiger partial charge in [-0.15, -0.1) is 0 Å². The molecule has 2 aromatic carbocycles. The molecule has 3 aromatic rings. The lowest BCUT2D eigenvalue weighted by molar-refractivity contribution is -0.115. The van der Waals surface area contributed by atoms with Crippen LogP contribution in [0.15, 0.2) is 46.9 Å². The number of nitrogens with two attached hydrogens (primary N) is 1. The average molecular weight is 287 g/mol. The molecule has 1 atom stereocenters. The Morgan fingerprint density at radius 3 is 2.65 bits per heavy atom. The Kier molecular flexibility index (Phi) is 3.28. The second-order valence-corrected chi connectivity index (χ2v) is 6.08. The van der Waals surface area contributed by atoms with Crippen molar-refractivity contribution in [2.75, 3.05) is 5.75 Å². The lowest BCUT2D eigenvalue weighted by Gasteiger charge is -2.00. The van der Waals surface area contributed by atoms with Crippen molar-refractivity contribution in [3.8, 4) is 0 Å². The summed E-state index contributed by atoms with van der Waals surface area (Å²) in [5, 5.41) is 2.03. The third-order valence-electron chi connectivity index (χ3n) is 3.07. The standard InChI is InChI=1S/C15H13NO3S/c16-15(17)9-20(18)8-10-5-6-14-12(7-10)11-3-1-2-4-13(11)19-14/h1-7H,8-9H2,(H2,16,17)/t20-/m0/s1. The van der Waals surface area contributed by atoms with Crippen LogP contribution in [0.2, 0.25) is 0 Å². The normalized spacial score (nSPS) is 12.8. The summed E-state index contributed by atoms with van der Waals surface area (Å²) < 4.78 is 17.5. The number of hydrogen-bond acceptors (Lipinski definition) is 3. The molecule has 1 amide bonds. The minimum Gasteiger partial charge on any atom is -0.456 e. The molecular weight excluding hydrogens is 274 g/mol. The summed E-state index contributed by atoms with van der Waals surface area (Å²) in [6.07, 6.45) is 0. The first-order chi connectivity index (χ1) is 9.63. The van der Waals surface area contributed by atoms with E-state index in [0.29, 0.717) is 5.75 Å². The fourth-order valence-electron chi connectivity index (χ4n) is 2.26. The van der Waals surface area contributed by atoms with Crippen LogP contribution < -0.4 is 5.73 Å². The summed E-state index contributed by atoms with van der Waals surface area (Å²) >= 11 is 0. The Morgan fingerprint density at radius 1 is 1.10 bits per heavy atom. The second-order valence-electron chi connectivity index (χ2n) is 4.62. The Balaban J connectivity index is 1.99. The number of rotatable bonds is 4. The van der Waals surface area contributed by atoms with Gasteiger partial charge in [-0.25, -0.2) is 0 Å². The van der Waals surface area contributed by atoms with Gasteiger partial charge < -0.3 is 10.2 Å². The van der Waals surface area contributed by atoms with Gasteiger partial charge >= 0.3 is 0 Å². The topological polar surface area (TPSA) is 73.3 Å². The van der Waals surface area contributed by atoms with Crippen LogP contribution in [0, 0.1) is 0 Å². The summed E-state index contributed by atoms with van der Waals surface area (Å²) in [5.41, 5.74) is 7.59. The molecule has 0 bridgehead atoms. The first-order valence-electron chi connectivity index (χ1n) is 6.17. The van der Waals surface area contributed by atoms with Gasteiger partial charge in [-0.2, -0.15) is 0 Å². The minimum absolute atomic E-state index is 0.107. The van der Waals surface area contributed by atoms with Gasteiger partial charge in [0.15, 0.2) is 0 Å². The van der Waals surface area contributed by atoms with Crippen molar-refractivity contribution in [3.05, 3.63) is 48.0 Å². The van der Waals surface area contributed by atoms with E-state index in [-0.39, 0.29) is 5.75 Å². The van der Waals surface area contributed by atoms with Crippen LogP contribution in [0.5, 0.6) is 0 Å². The van der Waals surface area contributed by atoms with Gasteiger partial charge in [0.1, 0.15) is 16.9 Å². The molecule has 20 heavy (non-hydrogen) atoms. The number of fused-ring (bicyclic) bond motifs is 3. The van der Waals surface area contributed by atoms with E-state index < -0.39 is 16.7 Å². The quantitative estimate of drug-likeness (QED) is 0.800. The molecular formula is C15H13NO3S. The molecule has 0 saturated carbocycles. The molecule has 0 aliphatic carbocycles. The number of benzene rings is 2. The fraction of sp³-hybridized carbons (Fsp3) is 0.133. The monoisotopic (exact) mass is 287 g/mol. The third kappa shape index (κ3) is 2.44. The van der Waals surface area contributed by atoms with E-state index in [2.05, 4.69) is 0 Å². The highest BCUT2D eigenvalue weighted by Gasteiger charge is 2.09. The van der Waals surface area contributed by atoms with Crippen molar-refractivity contribution < 1.29 is 13.4 Å². The van der Waals surface area contributed by atoms with E-state index in [1.54, 1.807) is 0 Å². The first-order valence-corrected chi connectivity index (χ1v) is 7.66. The Labute approximate surface area is 118 Å². The maximum Gasteiger partial charge on any atom is 0.230 e. The third-order valence-corrected chi connectivity index (χ3v) is 4.33. The summed E-state index contributed by atoms with van der Waals surface area (Å²) in [6.45, 7) is 0. The zero-order valence-electron chi connectivity index (χ0n) is 10.7. The van der Waals surface area contributed by atoms with Gasteiger partial charge in [0.05, 0.1) is 0 Å². The van der Waals surface area contributed by atoms with E-state index >= 15 is 0 Å². The molecule has 2 N–H and O–H groups in total. The van der Waals surface area contributed by atoms with Gasteiger partial charge in [0, 0.05) is 27.3 Å². The van der Waals surface area contributed by atoms with Crippen molar-refractivity contribution >= 4 is 38.6 Å². The number of furan rings is 1. The van der Waals surface area contributed by atoms with Crippen molar-refractivity contribution in [2.45, 2.75) is 5.75 Å². The van der Waals surface area contributed by atoms with Gasteiger partial charge in [-0.1, -0.05) is 24.3 Å². The van der Waals surface area contributed by atoms with E-state index in [1.165, 1.54) is 0 Å². The van der Waals surface area contributed by atoms with Crippen LogP contribution in [0.1, 0.15) is 5.56 Å². The molecule has 4 nitrogen and oxygen atoms in total. The van der Waals surface area contributed by atoms with Crippen molar-refractivity contribution in [2.24, 2.45) is 5.73 Å². The van der Waals surface area contributed by atoms with Crippen LogP contribution in [0.4, 0.5) is 0 Å². The van der Waals surface area contributed by atoms with Crippen molar-refractivity contribution in [1.82, 2.24) is 0 Å². The highest BCUT2D eigenvalue weighted by atomic mass is 32.2. The molecule has 0 radical (unpaired) electrons. The number of carbonyl (C=O) groups is 1. The summed E-state index contributed by atoms with van der Waals surface area (Å²) in [4.78, 5) is 10.8. The van der Waals surface area contributed by atoms with Crippen LogP contribution in [0.25, 0.3) is 21.9 Å². The lowest BCUT2D eigenvalue weighted by Crippen LogP contribution is -2.20. The van der Waals surface area contributed by atoms with Crippen molar-refractivity contribution in [1.29, 1.82) is 0 Å². The fourth-order valence-corrected chi connectivity index (χ4v) is 3.23. The number of para-hydroxylation sites is 1. The maximum atomic E-state index is 11.7. The maximum absolute atomic E-state index is 11.7. The number of amides is 1. The molecule has 0 spiro atoms. The number of hydrogen-bond donors (Lipinski definition) is 1. The molecule has 3 rings (SSSR count). The molecule has 102 valence electrons. The minimum atomic E-state index is -1.27. The summed E-state index contributed by atoms with van der Waals surface area (Å²) in [6, 6.07) is 13.5. The van der Waals surface area contributed by atoms with Gasteiger partial charge in [0.25, 0.3) is 0 Å². The zero-order valence-corrected chi connectivity index (χ0v) is 11.5. The molecule has 0 fully saturated rings. The number of primary amides is 1. The predicted octanol–water partition coefficient (Wildman–Crippen LogP) is 2.32. The molecule has 1 heterocycles. The van der Waals surface area contributed by atoms with Gasteiger partial charge in [-0.3, -0.25) is 9.00 Å². The smallest absolute Gasteiger partial charge is 0.230 e. The summed E-state index contributed by atoms with van der Waals surface area (Å²) in [7, 11) is -1.27. The highest BCUT2D eigenvalue weighted by Crippen LogP contribution is 2.29. The zero-order chi connectivity index (χ0) is 14.1. The van der Waals surface area contributed by atoms with E-state index in [4.69, 9.17) is 10.2 Å². The Hall–Kier alpha value is -2.14. The van der Waals surface area contributed by atoms with Gasteiger partial charge in [-0.05, 0) is 23.8 Å². The average Bonchev–Trinajstić information content (AvgIpc) is 2.76. The molecule has 0 aliphatic heterocycles. The summed E-state index contributed by atoms with van der Waals surface area (Å²) in [5.74, 6) is -0.332. The van der Waals surface area contributed by atoms with Crippen LogP contribution >= 0.6 is 0 Å². The van der Waals surface area contributed by atoms with Crippen LogP contribution in [0.3, 0.4) is 0 Å². The highest BCUT2D eigenvalue weighted by molar-refractivity contribution is 7.84. The van der Waals surface area contributed by atoms with Gasteiger partial charge in [0.2, 0.25) is 5.91 Å². The molecule has 1 aromatic heterocycles. The SMILES string of the molecule is NC(=O)C[S@@](=O)Cc1ccc2oc3ccccc3c2c1. The van der Waals surface area contributed by atoms with E-state index in [0.717, 1.165) is 27.5 Å². The largest absolute Gasteiger partial charge is 0.456 e. The van der Waals surface area contributed by atoms with Crippen LogP contribution in [-0.2, 0) is 21.3 Å². The Bertz CT molecular complexity index is 822. The number of carbonyl (C=O) groups excluding carboxylic acids is 1. The lowest BCUT2D eigenvalue weighted by atomic mass is 10.1. The molecule has 0 unspecified atom stereocenters. The molecule has 0 saturated heterocycles.